The molecule has 0 spiro atoms. The molecule has 106 valence electrons. The summed E-state index contributed by atoms with van der Waals surface area (Å²) in [5.41, 5.74) is 0.608. The predicted molar refractivity (Wildman–Crippen MR) is 84.7 cm³/mol. The number of nitrogens with one attached hydrogen (secondary N) is 1. The number of para-hydroxylation sites is 1. The Morgan fingerprint density at radius 1 is 1.47 bits per heavy atom. The van der Waals surface area contributed by atoms with E-state index in [1.54, 1.807) is 30.0 Å². The first kappa shape index (κ1) is 16.4. The third kappa shape index (κ3) is 5.89. The molecule has 1 N–H and O–H groups in total. The maximum absolute atomic E-state index is 12.0. The van der Waals surface area contributed by atoms with Gasteiger partial charge in [-0.2, -0.15) is 0 Å². The summed E-state index contributed by atoms with van der Waals surface area (Å²) in [6, 6.07) is 7.33. The van der Waals surface area contributed by atoms with Gasteiger partial charge in [0.15, 0.2) is 0 Å². The maximum Gasteiger partial charge on any atom is 0.233 e. The monoisotopic (exact) mass is 319 g/mol. The number of sulfonamides is 1. The van der Waals surface area contributed by atoms with Crippen LogP contribution < -0.4 is 4.72 Å². The summed E-state index contributed by atoms with van der Waals surface area (Å²) in [6.45, 7) is 5.47. The number of thioether (sulfide) groups is 1. The molecular weight excluding hydrogens is 302 g/mol. The molecule has 0 bridgehead atoms. The summed E-state index contributed by atoms with van der Waals surface area (Å²) in [7, 11) is -3.37. The van der Waals surface area contributed by atoms with Crippen LogP contribution in [-0.2, 0) is 10.0 Å². The first-order valence-electron chi connectivity index (χ1n) is 5.87. The zero-order chi connectivity index (χ0) is 14.3. The lowest BCUT2D eigenvalue weighted by Crippen LogP contribution is -2.22. The van der Waals surface area contributed by atoms with Gasteiger partial charge in [-0.05, 0) is 18.1 Å². The predicted octanol–water partition coefficient (Wildman–Crippen LogP) is 3.58. The standard InChI is InChI=1S/C13H18ClNO2S2/c1-3-8-18-13-7-5-4-6-12(13)15-19(16,17)10-11(2)9-14/h3-7,11,15H,1,8-10H2,2H3. The first-order chi connectivity index (χ1) is 8.98. The number of rotatable bonds is 8. The van der Waals surface area contributed by atoms with E-state index in [0.29, 0.717) is 11.6 Å². The Balaban J connectivity index is 2.83. The molecule has 1 unspecified atom stereocenters. The van der Waals surface area contributed by atoms with Crippen molar-refractivity contribution >= 4 is 39.1 Å². The van der Waals surface area contributed by atoms with Crippen molar-refractivity contribution < 1.29 is 8.42 Å². The summed E-state index contributed by atoms with van der Waals surface area (Å²) < 4.78 is 26.6. The number of anilines is 1. The summed E-state index contributed by atoms with van der Waals surface area (Å²) >= 11 is 7.19. The van der Waals surface area contributed by atoms with Crippen molar-refractivity contribution in [2.24, 2.45) is 5.92 Å². The number of alkyl halides is 1. The van der Waals surface area contributed by atoms with Gasteiger partial charge in [0, 0.05) is 16.5 Å². The molecule has 0 aliphatic rings. The van der Waals surface area contributed by atoms with E-state index in [1.807, 2.05) is 19.1 Å². The van der Waals surface area contributed by atoms with E-state index < -0.39 is 10.0 Å². The molecule has 0 saturated heterocycles. The molecular formula is C13H18ClNO2S2. The topological polar surface area (TPSA) is 46.2 Å². The average molecular weight is 320 g/mol. The quantitative estimate of drug-likeness (QED) is 0.452. The zero-order valence-electron chi connectivity index (χ0n) is 10.8. The van der Waals surface area contributed by atoms with Gasteiger partial charge in [0.2, 0.25) is 10.0 Å². The highest BCUT2D eigenvalue weighted by Gasteiger charge is 2.16. The molecule has 3 nitrogen and oxygen atoms in total. The average Bonchev–Trinajstić information content (AvgIpc) is 2.36. The highest BCUT2D eigenvalue weighted by Crippen LogP contribution is 2.27. The molecule has 0 amide bonds. The molecule has 6 heteroatoms. The summed E-state index contributed by atoms with van der Waals surface area (Å²) in [4.78, 5) is 0.893. The molecule has 0 aliphatic heterocycles. The Morgan fingerprint density at radius 2 is 2.16 bits per heavy atom. The van der Waals surface area contributed by atoms with Crippen molar-refractivity contribution in [3.05, 3.63) is 36.9 Å². The van der Waals surface area contributed by atoms with Crippen LogP contribution in [0, 0.1) is 5.92 Å². The van der Waals surface area contributed by atoms with Crippen molar-refractivity contribution in [2.45, 2.75) is 11.8 Å². The molecule has 0 aliphatic carbocycles. The number of halogens is 1. The van der Waals surface area contributed by atoms with Crippen LogP contribution in [0.5, 0.6) is 0 Å². The second kappa shape index (κ2) is 7.82. The number of hydrogen-bond acceptors (Lipinski definition) is 3. The van der Waals surface area contributed by atoms with Crippen LogP contribution in [0.25, 0.3) is 0 Å². The maximum atomic E-state index is 12.0. The fourth-order valence-electron chi connectivity index (χ4n) is 1.45. The van der Waals surface area contributed by atoms with Gasteiger partial charge in [-0.25, -0.2) is 8.42 Å². The zero-order valence-corrected chi connectivity index (χ0v) is 13.2. The largest absolute Gasteiger partial charge is 0.282 e. The number of hydrogen-bond donors (Lipinski definition) is 1. The second-order valence-electron chi connectivity index (χ2n) is 4.24. The minimum Gasteiger partial charge on any atom is -0.282 e. The van der Waals surface area contributed by atoms with Crippen LogP contribution in [0.2, 0.25) is 0 Å². The van der Waals surface area contributed by atoms with Crippen LogP contribution in [-0.4, -0.2) is 25.8 Å². The lowest BCUT2D eigenvalue weighted by molar-refractivity contribution is 0.588. The van der Waals surface area contributed by atoms with Gasteiger partial charge in [-0.15, -0.1) is 29.9 Å². The molecule has 1 aromatic carbocycles. The van der Waals surface area contributed by atoms with Gasteiger partial charge < -0.3 is 0 Å². The lowest BCUT2D eigenvalue weighted by atomic mass is 10.3. The normalized spacial score (nSPS) is 12.9. The smallest absolute Gasteiger partial charge is 0.233 e. The summed E-state index contributed by atoms with van der Waals surface area (Å²) in [5, 5.41) is 0. The van der Waals surface area contributed by atoms with E-state index >= 15 is 0 Å². The fraction of sp³-hybridized carbons (Fsp3) is 0.385. The SMILES string of the molecule is C=CCSc1ccccc1NS(=O)(=O)CC(C)CCl. The minimum atomic E-state index is -3.37. The van der Waals surface area contributed by atoms with E-state index in [9.17, 15) is 8.42 Å². The Morgan fingerprint density at radius 3 is 2.79 bits per heavy atom. The van der Waals surface area contributed by atoms with Crippen LogP contribution in [0.4, 0.5) is 5.69 Å². The Hall–Kier alpha value is -0.650. The van der Waals surface area contributed by atoms with Crippen molar-refractivity contribution in [1.82, 2.24) is 0 Å². The van der Waals surface area contributed by atoms with Gasteiger partial charge in [-0.3, -0.25) is 4.72 Å². The molecule has 0 radical (unpaired) electrons. The van der Waals surface area contributed by atoms with Gasteiger partial charge in [0.25, 0.3) is 0 Å². The summed E-state index contributed by atoms with van der Waals surface area (Å²) in [5.74, 6) is 1.01. The number of benzene rings is 1. The first-order valence-corrected chi connectivity index (χ1v) is 9.05. The van der Waals surface area contributed by atoms with E-state index in [4.69, 9.17) is 11.6 Å². The molecule has 0 saturated carbocycles. The Bertz CT molecular complexity index is 517. The van der Waals surface area contributed by atoms with E-state index in [0.717, 1.165) is 10.6 Å². The fourth-order valence-corrected chi connectivity index (χ4v) is 3.97. The van der Waals surface area contributed by atoms with Crippen molar-refractivity contribution in [2.75, 3.05) is 22.1 Å². The third-order valence-electron chi connectivity index (χ3n) is 2.28. The lowest BCUT2D eigenvalue weighted by Gasteiger charge is -2.13. The van der Waals surface area contributed by atoms with E-state index in [-0.39, 0.29) is 11.7 Å². The van der Waals surface area contributed by atoms with Gasteiger partial charge >= 0.3 is 0 Å². The van der Waals surface area contributed by atoms with Crippen molar-refractivity contribution in [1.29, 1.82) is 0 Å². The van der Waals surface area contributed by atoms with Crippen molar-refractivity contribution in [3.8, 4) is 0 Å². The molecule has 19 heavy (non-hydrogen) atoms. The van der Waals surface area contributed by atoms with Gasteiger partial charge in [-0.1, -0.05) is 25.1 Å². The van der Waals surface area contributed by atoms with E-state index in [2.05, 4.69) is 11.3 Å². The summed E-state index contributed by atoms with van der Waals surface area (Å²) in [6.07, 6.45) is 1.78. The molecule has 0 fully saturated rings. The highest BCUT2D eigenvalue weighted by molar-refractivity contribution is 7.99. The molecule has 0 heterocycles. The third-order valence-corrected chi connectivity index (χ3v) is 5.41. The van der Waals surface area contributed by atoms with Crippen molar-refractivity contribution in [3.63, 3.8) is 0 Å². The Kier molecular flexibility index (Phi) is 6.75. The van der Waals surface area contributed by atoms with Crippen LogP contribution in [0.3, 0.4) is 0 Å². The van der Waals surface area contributed by atoms with Crippen LogP contribution in [0.1, 0.15) is 6.92 Å². The highest BCUT2D eigenvalue weighted by atomic mass is 35.5. The molecule has 1 aromatic rings. The van der Waals surface area contributed by atoms with Crippen LogP contribution >= 0.6 is 23.4 Å². The van der Waals surface area contributed by atoms with Gasteiger partial charge in [0.05, 0.1) is 11.4 Å². The Labute approximate surface area is 124 Å². The molecule has 1 atom stereocenters. The van der Waals surface area contributed by atoms with Crippen LogP contribution in [0.15, 0.2) is 41.8 Å². The molecule has 1 rings (SSSR count). The second-order valence-corrected chi connectivity index (χ2v) is 7.38. The van der Waals surface area contributed by atoms with E-state index in [1.165, 1.54) is 0 Å². The minimum absolute atomic E-state index is 0.0248. The van der Waals surface area contributed by atoms with Gasteiger partial charge in [0.1, 0.15) is 0 Å². The molecule has 0 aromatic heterocycles.